The normalized spacial score (nSPS) is 24.3. The fraction of sp³-hybridized carbons (Fsp3) is 0.697. The number of rotatable bonds is 13. The highest BCUT2D eigenvalue weighted by atomic mass is 16.5. The molecular weight excluding hydrogens is 440 g/mol. The molecule has 3 heteroatoms. The van der Waals surface area contributed by atoms with Crippen molar-refractivity contribution in [1.29, 1.82) is 10.5 Å². The van der Waals surface area contributed by atoms with E-state index in [1.165, 1.54) is 77.0 Å². The maximum atomic E-state index is 9.68. The van der Waals surface area contributed by atoms with Gasteiger partial charge in [0.2, 0.25) is 0 Å². The molecule has 0 heterocycles. The van der Waals surface area contributed by atoms with Crippen molar-refractivity contribution in [2.45, 2.75) is 117 Å². The summed E-state index contributed by atoms with van der Waals surface area (Å²) < 4.78 is 5.94. The third-order valence-corrected chi connectivity index (χ3v) is 8.86. The number of hydrogen-bond donors (Lipinski definition) is 0. The van der Waals surface area contributed by atoms with Crippen molar-refractivity contribution in [3.8, 4) is 17.9 Å². The molecule has 0 saturated heterocycles. The van der Waals surface area contributed by atoms with Crippen LogP contribution in [0.25, 0.3) is 0 Å². The highest BCUT2D eigenvalue weighted by Crippen LogP contribution is 2.42. The number of aryl methyl sites for hydroxylation is 1. The van der Waals surface area contributed by atoms with Crippen LogP contribution in [0.2, 0.25) is 0 Å². The molecule has 0 atom stereocenters. The molecule has 3 rings (SSSR count). The summed E-state index contributed by atoms with van der Waals surface area (Å²) in [6.07, 6.45) is 25.5. The van der Waals surface area contributed by atoms with Crippen LogP contribution in [0.4, 0.5) is 0 Å². The summed E-state index contributed by atoms with van der Waals surface area (Å²) in [6.45, 7) is 4.93. The van der Waals surface area contributed by atoms with E-state index < -0.39 is 0 Å². The van der Waals surface area contributed by atoms with Crippen molar-refractivity contribution in [2.75, 3.05) is 6.61 Å². The minimum Gasteiger partial charge on any atom is -0.488 e. The van der Waals surface area contributed by atoms with Crippen LogP contribution in [-0.2, 0) is 6.42 Å². The van der Waals surface area contributed by atoms with E-state index in [1.807, 2.05) is 12.1 Å². The Labute approximate surface area is 220 Å². The van der Waals surface area contributed by atoms with Crippen molar-refractivity contribution in [2.24, 2.45) is 23.7 Å². The molecule has 36 heavy (non-hydrogen) atoms. The van der Waals surface area contributed by atoms with Gasteiger partial charge in [-0.1, -0.05) is 83.4 Å². The summed E-state index contributed by atoms with van der Waals surface area (Å²) in [5.74, 6) is 4.12. The lowest BCUT2D eigenvalue weighted by molar-refractivity contribution is 0.151. The monoisotopic (exact) mass is 488 g/mol. The molecule has 3 nitrogen and oxygen atoms in total. The average molecular weight is 489 g/mol. The Bertz CT molecular complexity index is 889. The summed E-state index contributed by atoms with van der Waals surface area (Å²) in [7, 11) is 0. The molecule has 1 aromatic carbocycles. The third-order valence-electron chi connectivity index (χ3n) is 8.86. The summed E-state index contributed by atoms with van der Waals surface area (Å²) >= 11 is 0. The molecule has 0 radical (unpaired) electrons. The lowest BCUT2D eigenvalue weighted by Crippen LogP contribution is -2.25. The van der Waals surface area contributed by atoms with Gasteiger partial charge in [-0.3, -0.25) is 0 Å². The SMILES string of the molecule is CCCCCc1ccc(OC/C=C/C2CCC([C@H]3CC[C@H](CCCCC)CC3)CC2)c(C#N)c1C#N. The van der Waals surface area contributed by atoms with Gasteiger partial charge in [0.05, 0.1) is 5.56 Å². The molecule has 0 bridgehead atoms. The minimum atomic E-state index is 0.389. The molecule has 2 fully saturated rings. The summed E-state index contributed by atoms with van der Waals surface area (Å²) in [6, 6.07) is 8.30. The van der Waals surface area contributed by atoms with E-state index in [4.69, 9.17) is 4.74 Å². The Balaban J connectivity index is 1.41. The van der Waals surface area contributed by atoms with Crippen LogP contribution < -0.4 is 4.74 Å². The van der Waals surface area contributed by atoms with Crippen molar-refractivity contribution in [3.05, 3.63) is 41.0 Å². The van der Waals surface area contributed by atoms with Crippen molar-refractivity contribution in [3.63, 3.8) is 0 Å². The Hall–Kier alpha value is -2.26. The van der Waals surface area contributed by atoms with E-state index in [2.05, 4.69) is 38.1 Å². The van der Waals surface area contributed by atoms with E-state index in [-0.39, 0.29) is 0 Å². The number of nitrogens with zero attached hydrogens (tertiary/aromatic N) is 2. The minimum absolute atomic E-state index is 0.389. The Morgan fingerprint density at radius 3 is 2.08 bits per heavy atom. The first kappa shape index (κ1) is 28.3. The van der Waals surface area contributed by atoms with Crippen LogP contribution >= 0.6 is 0 Å². The first-order valence-electron chi connectivity index (χ1n) is 15.0. The fourth-order valence-electron chi connectivity index (χ4n) is 6.59. The van der Waals surface area contributed by atoms with Gasteiger partial charge in [0.15, 0.2) is 0 Å². The zero-order chi connectivity index (χ0) is 25.6. The highest BCUT2D eigenvalue weighted by molar-refractivity contribution is 5.57. The first-order valence-corrected chi connectivity index (χ1v) is 15.0. The van der Waals surface area contributed by atoms with Crippen LogP contribution in [0.1, 0.15) is 127 Å². The first-order chi connectivity index (χ1) is 17.7. The molecule has 196 valence electrons. The van der Waals surface area contributed by atoms with Gasteiger partial charge in [-0.25, -0.2) is 0 Å². The Morgan fingerprint density at radius 2 is 1.44 bits per heavy atom. The number of allylic oxidation sites excluding steroid dienone is 1. The predicted octanol–water partition coefficient (Wildman–Crippen LogP) is 9.29. The third kappa shape index (κ3) is 8.40. The van der Waals surface area contributed by atoms with Crippen LogP contribution in [0, 0.1) is 46.3 Å². The van der Waals surface area contributed by atoms with Crippen LogP contribution in [0.3, 0.4) is 0 Å². The summed E-state index contributed by atoms with van der Waals surface area (Å²) in [5, 5.41) is 19.3. The standard InChI is InChI=1S/C33H48N2O/c1-3-5-7-10-26-13-17-28(18-14-26)29-19-15-27(16-20-29)11-9-23-36-33-22-21-30(12-8-6-4-2)31(24-34)32(33)25-35/h9,11,21-22,26-29H,3-8,10,12-20,23H2,1-2H3/b11-9+/t26-,27?,28-,29?. The largest absolute Gasteiger partial charge is 0.488 e. The van der Waals surface area contributed by atoms with Crippen LogP contribution in [0.5, 0.6) is 5.75 Å². The van der Waals surface area contributed by atoms with Gasteiger partial charge in [0.25, 0.3) is 0 Å². The Morgan fingerprint density at radius 1 is 0.806 bits per heavy atom. The van der Waals surface area contributed by atoms with Crippen molar-refractivity contribution >= 4 is 0 Å². The maximum absolute atomic E-state index is 9.68. The highest BCUT2D eigenvalue weighted by Gasteiger charge is 2.30. The molecule has 0 spiro atoms. The maximum Gasteiger partial charge on any atom is 0.138 e. The number of ether oxygens (including phenoxy) is 1. The number of benzene rings is 1. The van der Waals surface area contributed by atoms with Gasteiger partial charge in [0.1, 0.15) is 30.1 Å². The number of hydrogen-bond acceptors (Lipinski definition) is 3. The van der Waals surface area contributed by atoms with Crippen molar-refractivity contribution in [1.82, 2.24) is 0 Å². The second kappa shape index (κ2) is 15.8. The van der Waals surface area contributed by atoms with E-state index >= 15 is 0 Å². The number of nitriles is 2. The molecule has 0 unspecified atom stereocenters. The molecule has 2 aliphatic carbocycles. The molecule has 2 aliphatic rings. The second-order valence-corrected chi connectivity index (χ2v) is 11.3. The molecule has 0 aromatic heterocycles. The summed E-state index contributed by atoms with van der Waals surface area (Å²) in [5.41, 5.74) is 1.84. The van der Waals surface area contributed by atoms with Crippen LogP contribution in [-0.4, -0.2) is 6.61 Å². The van der Waals surface area contributed by atoms with Gasteiger partial charge >= 0.3 is 0 Å². The average Bonchev–Trinajstić information content (AvgIpc) is 2.92. The van der Waals surface area contributed by atoms with Gasteiger partial charge < -0.3 is 4.74 Å². The van der Waals surface area contributed by atoms with Crippen LogP contribution in [0.15, 0.2) is 24.3 Å². The van der Waals surface area contributed by atoms with Gasteiger partial charge in [0, 0.05) is 0 Å². The van der Waals surface area contributed by atoms with Gasteiger partial charge in [-0.05, 0) is 86.7 Å². The Kier molecular flexibility index (Phi) is 12.4. The summed E-state index contributed by atoms with van der Waals surface area (Å²) in [4.78, 5) is 0. The molecule has 0 N–H and O–H groups in total. The molecular formula is C33H48N2O. The van der Waals surface area contributed by atoms with E-state index in [0.717, 1.165) is 49.0 Å². The van der Waals surface area contributed by atoms with E-state index in [0.29, 0.717) is 29.4 Å². The molecule has 0 amide bonds. The quantitative estimate of drug-likeness (QED) is 0.205. The number of unbranched alkanes of at least 4 members (excludes halogenated alkanes) is 4. The van der Waals surface area contributed by atoms with Gasteiger partial charge in [-0.2, -0.15) is 10.5 Å². The topological polar surface area (TPSA) is 56.8 Å². The van der Waals surface area contributed by atoms with Gasteiger partial charge in [-0.15, -0.1) is 0 Å². The zero-order valence-corrected chi connectivity index (χ0v) is 22.9. The lowest BCUT2D eigenvalue weighted by atomic mass is 9.68. The fourth-order valence-corrected chi connectivity index (χ4v) is 6.59. The molecule has 1 aromatic rings. The van der Waals surface area contributed by atoms with E-state index in [1.54, 1.807) is 0 Å². The smallest absolute Gasteiger partial charge is 0.138 e. The molecule has 2 saturated carbocycles. The second-order valence-electron chi connectivity index (χ2n) is 11.3. The zero-order valence-electron chi connectivity index (χ0n) is 22.9. The lowest BCUT2D eigenvalue weighted by Gasteiger charge is -2.37. The van der Waals surface area contributed by atoms with E-state index in [9.17, 15) is 10.5 Å². The molecule has 0 aliphatic heterocycles. The van der Waals surface area contributed by atoms with Crippen molar-refractivity contribution < 1.29 is 4.74 Å². The predicted molar refractivity (Wildman–Crippen MR) is 149 cm³/mol.